The number of benzene rings is 1. The Hall–Kier alpha value is -2.28. The van der Waals surface area contributed by atoms with Gasteiger partial charge in [0.1, 0.15) is 10.7 Å². The minimum atomic E-state index is -0.321. The van der Waals surface area contributed by atoms with E-state index in [1.165, 1.54) is 4.68 Å². The third-order valence-corrected chi connectivity index (χ3v) is 4.57. The Morgan fingerprint density at radius 2 is 1.80 bits per heavy atom. The van der Waals surface area contributed by atoms with Crippen molar-refractivity contribution in [2.75, 3.05) is 5.32 Å². The number of hydrogen-bond donors (Lipinski definition) is 2. The van der Waals surface area contributed by atoms with Gasteiger partial charge < -0.3 is 5.32 Å². The molecular weight excluding hydrogens is 336 g/mol. The van der Waals surface area contributed by atoms with Gasteiger partial charge >= 0.3 is 6.03 Å². The Morgan fingerprint density at radius 3 is 2.28 bits per heavy atom. The summed E-state index contributed by atoms with van der Waals surface area (Å²) >= 11 is 1.07. The van der Waals surface area contributed by atoms with Gasteiger partial charge in [0.2, 0.25) is 0 Å². The number of amides is 2. The number of urea groups is 1. The predicted octanol–water partition coefficient (Wildman–Crippen LogP) is 4.31. The van der Waals surface area contributed by atoms with Gasteiger partial charge in [0, 0.05) is 30.7 Å². The number of rotatable bonds is 6. The zero-order chi connectivity index (χ0) is 18.6. The minimum absolute atomic E-state index is 0.299. The molecule has 0 bridgehead atoms. The van der Waals surface area contributed by atoms with Gasteiger partial charge in [-0.2, -0.15) is 5.10 Å². The maximum absolute atomic E-state index is 12.3. The molecule has 25 heavy (non-hydrogen) atoms. The van der Waals surface area contributed by atoms with Gasteiger partial charge in [0.25, 0.3) is 0 Å². The van der Waals surface area contributed by atoms with Gasteiger partial charge in [0.15, 0.2) is 6.29 Å². The molecule has 0 saturated carbocycles. The monoisotopic (exact) mass is 360 g/mol. The molecule has 0 aliphatic carbocycles. The quantitative estimate of drug-likeness (QED) is 0.594. The highest BCUT2D eigenvalue weighted by Gasteiger charge is 2.16. The Morgan fingerprint density at radius 1 is 1.20 bits per heavy atom. The van der Waals surface area contributed by atoms with E-state index in [2.05, 4.69) is 42.8 Å². The van der Waals surface area contributed by atoms with Crippen LogP contribution in [0.5, 0.6) is 0 Å². The first-order valence-electron chi connectivity index (χ1n) is 8.19. The molecule has 1 aromatic carbocycles. The molecule has 1 heterocycles. The van der Waals surface area contributed by atoms with E-state index in [1.54, 1.807) is 13.1 Å². The van der Waals surface area contributed by atoms with Crippen molar-refractivity contribution in [2.24, 2.45) is 7.05 Å². The largest absolute Gasteiger partial charge is 0.329 e. The molecule has 1 aromatic heterocycles. The summed E-state index contributed by atoms with van der Waals surface area (Å²) in [7, 11) is 1.68. The normalized spacial score (nSPS) is 11.0. The lowest BCUT2D eigenvalue weighted by Gasteiger charge is -2.20. The lowest BCUT2D eigenvalue weighted by molar-refractivity contribution is 0.111. The number of aromatic nitrogens is 2. The zero-order valence-electron chi connectivity index (χ0n) is 15.2. The van der Waals surface area contributed by atoms with Crippen LogP contribution in [0.15, 0.2) is 29.3 Å². The molecule has 134 valence electrons. The lowest BCUT2D eigenvalue weighted by atomic mass is 9.93. The van der Waals surface area contributed by atoms with Crippen LogP contribution in [0.3, 0.4) is 0 Å². The molecule has 0 fully saturated rings. The van der Waals surface area contributed by atoms with Crippen molar-refractivity contribution in [2.45, 2.75) is 44.6 Å². The van der Waals surface area contributed by atoms with Gasteiger partial charge in [-0.15, -0.1) is 0 Å². The lowest BCUT2D eigenvalue weighted by Crippen LogP contribution is -2.24. The van der Waals surface area contributed by atoms with Gasteiger partial charge in [-0.1, -0.05) is 45.9 Å². The van der Waals surface area contributed by atoms with Crippen molar-refractivity contribution in [1.29, 1.82) is 0 Å². The summed E-state index contributed by atoms with van der Waals surface area (Å²) in [6.45, 7) is 8.41. The summed E-state index contributed by atoms with van der Waals surface area (Å²) in [6.07, 6.45) is 0.727. The first-order valence-corrected chi connectivity index (χ1v) is 9.01. The molecule has 2 aromatic rings. The second kappa shape index (κ2) is 8.20. The number of nitrogens with one attached hydrogen (secondary N) is 2. The molecule has 0 unspecified atom stereocenters. The number of aldehydes is 1. The van der Waals surface area contributed by atoms with E-state index in [0.717, 1.165) is 35.0 Å². The first-order chi connectivity index (χ1) is 11.8. The number of hydrogen-bond acceptors (Lipinski definition) is 4. The van der Waals surface area contributed by atoms with Crippen molar-refractivity contribution < 1.29 is 9.59 Å². The van der Waals surface area contributed by atoms with Gasteiger partial charge in [-0.05, 0) is 23.0 Å². The highest BCUT2D eigenvalue weighted by molar-refractivity contribution is 7.97. The molecule has 0 radical (unpaired) electrons. The van der Waals surface area contributed by atoms with Crippen LogP contribution < -0.4 is 10.0 Å². The van der Waals surface area contributed by atoms with Gasteiger partial charge in [0.05, 0.1) is 0 Å². The molecule has 0 spiro atoms. The molecule has 7 heteroatoms. The summed E-state index contributed by atoms with van der Waals surface area (Å²) < 4.78 is 4.19. The summed E-state index contributed by atoms with van der Waals surface area (Å²) in [5, 5.41) is 7.69. The van der Waals surface area contributed by atoms with Crippen molar-refractivity contribution in [3.63, 3.8) is 0 Å². The SMILES string of the molecule is CC(C)c1cccc(C(C)C)c1NC(=O)NSc1cc(C=O)n(C)n1. The highest BCUT2D eigenvalue weighted by Crippen LogP contribution is 2.32. The van der Waals surface area contributed by atoms with Crippen LogP contribution in [0, 0.1) is 0 Å². The second-order valence-electron chi connectivity index (χ2n) is 6.43. The Labute approximate surface area is 152 Å². The molecule has 6 nitrogen and oxygen atoms in total. The topological polar surface area (TPSA) is 76.0 Å². The number of nitrogens with zero attached hydrogens (tertiary/aromatic N) is 2. The average molecular weight is 360 g/mol. The molecule has 0 aliphatic heterocycles. The van der Waals surface area contributed by atoms with E-state index in [1.807, 2.05) is 18.2 Å². The van der Waals surface area contributed by atoms with Crippen molar-refractivity contribution in [3.05, 3.63) is 41.1 Å². The standard InChI is InChI=1S/C18H24N4O2S/c1-11(2)14-7-6-8-15(12(3)4)17(14)19-18(24)21-25-16-9-13(10-23)22(5)20-16/h6-12H,1-5H3,(H2,19,21,24). The van der Waals surface area contributed by atoms with E-state index in [0.29, 0.717) is 22.6 Å². The van der Waals surface area contributed by atoms with Crippen LogP contribution in [-0.4, -0.2) is 22.1 Å². The predicted molar refractivity (Wildman–Crippen MR) is 101 cm³/mol. The molecule has 2 N–H and O–H groups in total. The van der Waals surface area contributed by atoms with Crippen molar-refractivity contribution >= 4 is 30.0 Å². The number of carbonyl (C=O) groups is 2. The summed E-state index contributed by atoms with van der Waals surface area (Å²) in [5.74, 6) is 0.597. The van der Waals surface area contributed by atoms with E-state index >= 15 is 0 Å². The van der Waals surface area contributed by atoms with Crippen LogP contribution in [0.1, 0.15) is 61.1 Å². The number of aryl methyl sites for hydroxylation is 1. The van der Waals surface area contributed by atoms with Crippen LogP contribution in [0.25, 0.3) is 0 Å². The maximum Gasteiger partial charge on any atom is 0.329 e. The van der Waals surface area contributed by atoms with E-state index in [-0.39, 0.29) is 6.03 Å². The van der Waals surface area contributed by atoms with Crippen LogP contribution in [0.4, 0.5) is 10.5 Å². The number of anilines is 1. The molecular formula is C18H24N4O2S. The Bertz CT molecular complexity index is 742. The highest BCUT2D eigenvalue weighted by atomic mass is 32.2. The van der Waals surface area contributed by atoms with Gasteiger partial charge in [-0.25, -0.2) is 4.79 Å². The number of carbonyl (C=O) groups excluding carboxylic acids is 2. The Balaban J connectivity index is 2.13. The third kappa shape index (κ3) is 4.63. The van der Waals surface area contributed by atoms with E-state index < -0.39 is 0 Å². The smallest absolute Gasteiger partial charge is 0.307 e. The first kappa shape index (κ1) is 19.1. The fraction of sp³-hybridized carbons (Fsp3) is 0.389. The Kier molecular flexibility index (Phi) is 6.25. The van der Waals surface area contributed by atoms with Crippen molar-refractivity contribution in [1.82, 2.24) is 14.5 Å². The van der Waals surface area contributed by atoms with Crippen LogP contribution in [-0.2, 0) is 7.05 Å². The van der Waals surface area contributed by atoms with E-state index in [4.69, 9.17) is 0 Å². The molecule has 0 aliphatic rings. The fourth-order valence-corrected chi connectivity index (χ4v) is 3.14. The van der Waals surface area contributed by atoms with Crippen LogP contribution >= 0.6 is 11.9 Å². The van der Waals surface area contributed by atoms with Crippen molar-refractivity contribution in [3.8, 4) is 0 Å². The number of para-hydroxylation sites is 1. The molecule has 0 saturated heterocycles. The summed E-state index contributed by atoms with van der Waals surface area (Å²) in [5.41, 5.74) is 3.53. The second-order valence-corrected chi connectivity index (χ2v) is 7.25. The average Bonchev–Trinajstić information content (AvgIpc) is 2.92. The molecule has 2 amide bonds. The minimum Gasteiger partial charge on any atom is -0.307 e. The van der Waals surface area contributed by atoms with E-state index in [9.17, 15) is 9.59 Å². The van der Waals surface area contributed by atoms with Crippen LogP contribution in [0.2, 0.25) is 0 Å². The third-order valence-electron chi connectivity index (χ3n) is 3.87. The zero-order valence-corrected chi connectivity index (χ0v) is 16.0. The molecule has 2 rings (SSSR count). The molecule has 0 atom stereocenters. The summed E-state index contributed by atoms with van der Waals surface area (Å²) in [4.78, 5) is 23.2. The van der Waals surface area contributed by atoms with Gasteiger partial charge in [-0.3, -0.25) is 14.2 Å². The summed E-state index contributed by atoms with van der Waals surface area (Å²) in [6, 6.07) is 7.40. The maximum atomic E-state index is 12.3. The fourth-order valence-electron chi connectivity index (χ4n) is 2.55.